The molecular weight excluding hydrogens is 282 g/mol. The van der Waals surface area contributed by atoms with E-state index in [-0.39, 0.29) is 11.5 Å². The molecule has 22 heavy (non-hydrogen) atoms. The fraction of sp³-hybridized carbons (Fsp3) is 0.357. The second kappa shape index (κ2) is 6.33. The summed E-state index contributed by atoms with van der Waals surface area (Å²) in [6.45, 7) is 1.85. The molecule has 2 aromatic rings. The molecule has 0 aliphatic carbocycles. The first-order valence-electron chi connectivity index (χ1n) is 7.18. The summed E-state index contributed by atoms with van der Waals surface area (Å²) >= 11 is 0. The number of nitrogen functional groups attached to an aromatic ring is 1. The standard InChI is InChI=1S/C14H17N7O/c15-12-11(17-4-5-18-12)14(22)20-10-8-16-9-19-13(10)21-6-2-1-3-7-21/h4-5,8-9H,1-3,6-7H2,(H2,15,18)(H,20,22). The van der Waals surface area contributed by atoms with Crippen LogP contribution in [-0.2, 0) is 0 Å². The number of aromatic nitrogens is 4. The molecule has 3 N–H and O–H groups in total. The number of nitrogens with one attached hydrogen (secondary N) is 1. The molecule has 114 valence electrons. The van der Waals surface area contributed by atoms with Gasteiger partial charge in [0.1, 0.15) is 12.0 Å². The molecule has 8 heteroatoms. The summed E-state index contributed by atoms with van der Waals surface area (Å²) in [6.07, 6.45) is 9.40. The fourth-order valence-electron chi connectivity index (χ4n) is 2.47. The van der Waals surface area contributed by atoms with E-state index in [0.717, 1.165) is 31.7 Å². The zero-order valence-corrected chi connectivity index (χ0v) is 12.1. The molecule has 1 aliphatic rings. The number of piperidine rings is 1. The number of hydrogen-bond donors (Lipinski definition) is 2. The summed E-state index contributed by atoms with van der Waals surface area (Å²) in [5.74, 6) is 0.403. The smallest absolute Gasteiger partial charge is 0.278 e. The molecule has 8 nitrogen and oxygen atoms in total. The number of hydrogen-bond acceptors (Lipinski definition) is 7. The van der Waals surface area contributed by atoms with Crippen molar-refractivity contribution in [1.29, 1.82) is 0 Å². The minimum Gasteiger partial charge on any atom is -0.382 e. The maximum Gasteiger partial charge on any atom is 0.278 e. The van der Waals surface area contributed by atoms with Crippen LogP contribution in [0.2, 0.25) is 0 Å². The van der Waals surface area contributed by atoms with E-state index in [1.54, 1.807) is 6.20 Å². The molecule has 1 amide bonds. The number of anilines is 3. The van der Waals surface area contributed by atoms with Crippen LogP contribution >= 0.6 is 0 Å². The third-order valence-electron chi connectivity index (χ3n) is 3.54. The molecule has 0 saturated carbocycles. The van der Waals surface area contributed by atoms with E-state index in [9.17, 15) is 4.79 Å². The molecular formula is C14H17N7O. The van der Waals surface area contributed by atoms with E-state index < -0.39 is 5.91 Å². The van der Waals surface area contributed by atoms with Gasteiger partial charge in [-0.2, -0.15) is 0 Å². The quantitative estimate of drug-likeness (QED) is 0.872. The zero-order chi connectivity index (χ0) is 15.4. The van der Waals surface area contributed by atoms with Crippen LogP contribution in [0.4, 0.5) is 17.3 Å². The molecule has 2 aromatic heterocycles. The predicted octanol–water partition coefficient (Wildman–Crippen LogP) is 1.09. The van der Waals surface area contributed by atoms with Gasteiger partial charge in [0.15, 0.2) is 17.3 Å². The van der Waals surface area contributed by atoms with Crippen LogP contribution in [0.3, 0.4) is 0 Å². The number of carbonyl (C=O) groups is 1. The average Bonchev–Trinajstić information content (AvgIpc) is 2.56. The Labute approximate surface area is 127 Å². The Morgan fingerprint density at radius 2 is 1.91 bits per heavy atom. The lowest BCUT2D eigenvalue weighted by Gasteiger charge is -2.29. The molecule has 0 atom stereocenters. The van der Waals surface area contributed by atoms with Crippen molar-refractivity contribution >= 4 is 23.2 Å². The molecule has 1 aliphatic heterocycles. The Kier molecular flexibility index (Phi) is 4.08. The van der Waals surface area contributed by atoms with Crippen molar-refractivity contribution in [2.24, 2.45) is 0 Å². The molecule has 0 radical (unpaired) electrons. The number of nitrogens with two attached hydrogens (primary N) is 1. The number of rotatable bonds is 3. The largest absolute Gasteiger partial charge is 0.382 e. The maximum atomic E-state index is 12.3. The van der Waals surface area contributed by atoms with Gasteiger partial charge in [0.05, 0.1) is 6.20 Å². The van der Waals surface area contributed by atoms with Crippen LogP contribution in [-0.4, -0.2) is 38.9 Å². The van der Waals surface area contributed by atoms with E-state index >= 15 is 0 Å². The number of carbonyl (C=O) groups excluding carboxylic acids is 1. The minimum atomic E-state index is -0.418. The summed E-state index contributed by atoms with van der Waals surface area (Å²) in [7, 11) is 0. The lowest BCUT2D eigenvalue weighted by molar-refractivity contribution is 0.102. The van der Waals surface area contributed by atoms with E-state index in [4.69, 9.17) is 5.73 Å². The predicted molar refractivity (Wildman–Crippen MR) is 82.5 cm³/mol. The van der Waals surface area contributed by atoms with Gasteiger partial charge in [-0.15, -0.1) is 0 Å². The van der Waals surface area contributed by atoms with E-state index in [0.29, 0.717) is 5.69 Å². The highest BCUT2D eigenvalue weighted by atomic mass is 16.1. The van der Waals surface area contributed by atoms with Gasteiger partial charge < -0.3 is 16.0 Å². The Morgan fingerprint density at radius 1 is 1.14 bits per heavy atom. The summed E-state index contributed by atoms with van der Waals surface area (Å²) in [5.41, 5.74) is 6.33. The lowest BCUT2D eigenvalue weighted by atomic mass is 10.1. The van der Waals surface area contributed by atoms with Crippen molar-refractivity contribution in [3.8, 4) is 0 Å². The van der Waals surface area contributed by atoms with Gasteiger partial charge in [-0.3, -0.25) is 4.79 Å². The molecule has 3 heterocycles. The molecule has 0 bridgehead atoms. The number of nitrogens with zero attached hydrogens (tertiary/aromatic N) is 5. The van der Waals surface area contributed by atoms with Crippen molar-refractivity contribution in [3.63, 3.8) is 0 Å². The van der Waals surface area contributed by atoms with Crippen LogP contribution in [0, 0.1) is 0 Å². The summed E-state index contributed by atoms with van der Waals surface area (Å²) in [5, 5.41) is 2.78. The van der Waals surface area contributed by atoms with Crippen molar-refractivity contribution < 1.29 is 4.79 Å². The normalized spacial score (nSPS) is 14.6. The summed E-state index contributed by atoms with van der Waals surface area (Å²) < 4.78 is 0. The van der Waals surface area contributed by atoms with E-state index in [1.807, 2.05) is 0 Å². The van der Waals surface area contributed by atoms with Gasteiger partial charge >= 0.3 is 0 Å². The van der Waals surface area contributed by atoms with Gasteiger partial charge in [0.2, 0.25) is 0 Å². The molecule has 0 unspecified atom stereocenters. The molecule has 1 fully saturated rings. The maximum absolute atomic E-state index is 12.3. The Balaban J connectivity index is 1.83. The first-order chi connectivity index (χ1) is 10.8. The minimum absolute atomic E-state index is 0.0935. The van der Waals surface area contributed by atoms with Crippen molar-refractivity contribution in [1.82, 2.24) is 19.9 Å². The lowest BCUT2D eigenvalue weighted by Crippen LogP contribution is -2.31. The van der Waals surface area contributed by atoms with Gasteiger partial charge in [-0.1, -0.05) is 0 Å². The zero-order valence-electron chi connectivity index (χ0n) is 12.1. The van der Waals surface area contributed by atoms with Crippen LogP contribution in [0.15, 0.2) is 24.9 Å². The summed E-state index contributed by atoms with van der Waals surface area (Å²) in [4.78, 5) is 30.6. The highest BCUT2D eigenvalue weighted by Gasteiger charge is 2.19. The second-order valence-electron chi connectivity index (χ2n) is 5.05. The van der Waals surface area contributed by atoms with Gasteiger partial charge in [-0.05, 0) is 19.3 Å². The SMILES string of the molecule is Nc1nccnc1C(=O)Nc1cncnc1N1CCCCC1. The first kappa shape index (κ1) is 14.2. The van der Waals surface area contributed by atoms with Crippen LogP contribution in [0.5, 0.6) is 0 Å². The Hall–Kier alpha value is -2.77. The van der Waals surface area contributed by atoms with Gasteiger partial charge in [-0.25, -0.2) is 19.9 Å². The van der Waals surface area contributed by atoms with Crippen LogP contribution < -0.4 is 16.0 Å². The highest BCUT2D eigenvalue weighted by Crippen LogP contribution is 2.25. The fourth-order valence-corrected chi connectivity index (χ4v) is 2.47. The van der Waals surface area contributed by atoms with Crippen molar-refractivity contribution in [2.45, 2.75) is 19.3 Å². The van der Waals surface area contributed by atoms with Crippen LogP contribution in [0.25, 0.3) is 0 Å². The molecule has 0 aromatic carbocycles. The van der Waals surface area contributed by atoms with Crippen molar-refractivity contribution in [3.05, 3.63) is 30.6 Å². The monoisotopic (exact) mass is 299 g/mol. The average molecular weight is 299 g/mol. The number of amides is 1. The van der Waals surface area contributed by atoms with E-state index in [2.05, 4.69) is 30.2 Å². The second-order valence-corrected chi connectivity index (χ2v) is 5.05. The Bertz CT molecular complexity index is 670. The summed E-state index contributed by atoms with van der Waals surface area (Å²) in [6, 6.07) is 0. The third-order valence-corrected chi connectivity index (χ3v) is 3.54. The highest BCUT2D eigenvalue weighted by molar-refractivity contribution is 6.06. The topological polar surface area (TPSA) is 110 Å². The van der Waals surface area contributed by atoms with Gasteiger partial charge in [0, 0.05) is 25.5 Å². The van der Waals surface area contributed by atoms with E-state index in [1.165, 1.54) is 25.1 Å². The third kappa shape index (κ3) is 2.95. The molecule has 3 rings (SSSR count). The first-order valence-corrected chi connectivity index (χ1v) is 7.18. The van der Waals surface area contributed by atoms with Crippen molar-refractivity contribution in [2.75, 3.05) is 29.0 Å². The molecule has 1 saturated heterocycles. The van der Waals surface area contributed by atoms with Gasteiger partial charge in [0.25, 0.3) is 5.91 Å². The molecule has 0 spiro atoms. The van der Waals surface area contributed by atoms with Crippen LogP contribution in [0.1, 0.15) is 29.8 Å². The Morgan fingerprint density at radius 3 is 2.68 bits per heavy atom.